The van der Waals surface area contributed by atoms with Crippen LogP contribution in [0.3, 0.4) is 0 Å². The van der Waals surface area contributed by atoms with Crippen LogP contribution in [0.2, 0.25) is 0 Å². The van der Waals surface area contributed by atoms with Gasteiger partial charge in [-0.05, 0) is 13.8 Å². The van der Waals surface area contributed by atoms with Crippen molar-refractivity contribution in [2.75, 3.05) is 26.3 Å². The van der Waals surface area contributed by atoms with Gasteiger partial charge >= 0.3 is 0 Å². The summed E-state index contributed by atoms with van der Waals surface area (Å²) >= 11 is 0. The van der Waals surface area contributed by atoms with E-state index in [9.17, 15) is 4.79 Å². The summed E-state index contributed by atoms with van der Waals surface area (Å²) in [6.45, 7) is 5.42. The van der Waals surface area contributed by atoms with Crippen LogP contribution in [0.4, 0.5) is 0 Å². The molecule has 0 aromatic carbocycles. The number of amides is 1. The number of likely N-dealkylation sites (N-methyl/N-ethyl adjacent to an activating group) is 1. The maximum absolute atomic E-state index is 11.3. The average Bonchev–Trinajstić information content (AvgIpc) is 2.10. The Bertz CT molecular complexity index is 195. The van der Waals surface area contributed by atoms with E-state index in [2.05, 4.69) is 0 Å². The number of hydrogen-bond donors (Lipinski definition) is 1. The lowest BCUT2D eigenvalue weighted by Gasteiger charge is -2.39. The van der Waals surface area contributed by atoms with E-state index >= 15 is 0 Å². The van der Waals surface area contributed by atoms with E-state index in [1.165, 1.54) is 0 Å². The number of carbonyl (C=O) groups is 1. The predicted octanol–water partition coefficient (Wildman–Crippen LogP) is 0.00620. The lowest BCUT2D eigenvalue weighted by atomic mass is 10.0. The Kier molecular flexibility index (Phi) is 3.27. The quantitative estimate of drug-likeness (QED) is 0.677. The Labute approximate surface area is 78.5 Å². The fourth-order valence-electron chi connectivity index (χ4n) is 1.54. The number of carbonyl (C=O) groups excluding carboxylic acids is 1. The molecule has 1 N–H and O–H groups in total. The van der Waals surface area contributed by atoms with Crippen LogP contribution in [0.15, 0.2) is 0 Å². The minimum absolute atomic E-state index is 0.0397. The molecule has 1 saturated heterocycles. The largest absolute Gasteiger partial charge is 0.396 e. The molecule has 0 aliphatic carbocycles. The van der Waals surface area contributed by atoms with E-state index in [1.54, 1.807) is 4.90 Å². The van der Waals surface area contributed by atoms with Gasteiger partial charge < -0.3 is 14.7 Å². The normalized spacial score (nSPS) is 29.5. The highest BCUT2D eigenvalue weighted by Crippen LogP contribution is 2.21. The molecule has 0 radical (unpaired) electrons. The van der Waals surface area contributed by atoms with Gasteiger partial charge in [-0.15, -0.1) is 0 Å². The average molecular weight is 187 g/mol. The highest BCUT2D eigenvalue weighted by atomic mass is 16.5. The summed E-state index contributed by atoms with van der Waals surface area (Å²) in [6.07, 6.45) is 0.580. The van der Waals surface area contributed by atoms with Gasteiger partial charge in [0.1, 0.15) is 6.61 Å². The summed E-state index contributed by atoms with van der Waals surface area (Å²) in [5.41, 5.74) is -0.362. The van der Waals surface area contributed by atoms with Gasteiger partial charge in [0.25, 0.3) is 0 Å². The van der Waals surface area contributed by atoms with Gasteiger partial charge in [0.2, 0.25) is 5.91 Å². The second-order valence-electron chi connectivity index (χ2n) is 3.62. The third kappa shape index (κ3) is 2.42. The molecule has 0 spiro atoms. The van der Waals surface area contributed by atoms with E-state index in [0.717, 1.165) is 0 Å². The molecule has 0 bridgehead atoms. The van der Waals surface area contributed by atoms with Crippen molar-refractivity contribution in [2.45, 2.75) is 25.9 Å². The van der Waals surface area contributed by atoms with Gasteiger partial charge in [-0.1, -0.05) is 0 Å². The molecule has 1 fully saturated rings. The summed E-state index contributed by atoms with van der Waals surface area (Å²) in [4.78, 5) is 13.0. The van der Waals surface area contributed by atoms with Crippen LogP contribution < -0.4 is 0 Å². The van der Waals surface area contributed by atoms with Gasteiger partial charge in [-0.25, -0.2) is 0 Å². The van der Waals surface area contributed by atoms with Crippen LogP contribution in [0.5, 0.6) is 0 Å². The Balaban J connectivity index is 2.57. The lowest BCUT2D eigenvalue weighted by Crippen LogP contribution is -2.53. The highest BCUT2D eigenvalue weighted by Gasteiger charge is 2.34. The molecule has 1 atom stereocenters. The first-order valence-electron chi connectivity index (χ1n) is 4.64. The number of rotatable bonds is 3. The first-order chi connectivity index (χ1) is 6.11. The molecule has 4 nitrogen and oxygen atoms in total. The van der Waals surface area contributed by atoms with Crippen molar-refractivity contribution in [2.24, 2.45) is 0 Å². The minimum atomic E-state index is -0.362. The number of aliphatic hydroxyl groups is 1. The van der Waals surface area contributed by atoms with Gasteiger partial charge in [0.05, 0.1) is 5.60 Å². The van der Waals surface area contributed by atoms with Crippen LogP contribution in [-0.4, -0.2) is 47.8 Å². The van der Waals surface area contributed by atoms with E-state index in [0.29, 0.717) is 19.5 Å². The Morgan fingerprint density at radius 1 is 1.69 bits per heavy atom. The van der Waals surface area contributed by atoms with Crippen molar-refractivity contribution < 1.29 is 14.6 Å². The van der Waals surface area contributed by atoms with Crippen LogP contribution in [-0.2, 0) is 9.53 Å². The molecule has 1 aliphatic heterocycles. The van der Waals surface area contributed by atoms with Crippen LogP contribution >= 0.6 is 0 Å². The van der Waals surface area contributed by atoms with E-state index < -0.39 is 0 Å². The van der Waals surface area contributed by atoms with Crippen molar-refractivity contribution in [3.8, 4) is 0 Å². The zero-order valence-corrected chi connectivity index (χ0v) is 8.25. The Hall–Kier alpha value is -0.610. The SMILES string of the molecule is CCN1CC(C)(CCO)OCC1=O. The van der Waals surface area contributed by atoms with Crippen LogP contribution in [0, 0.1) is 0 Å². The molecule has 1 heterocycles. The third-order valence-electron chi connectivity index (χ3n) is 2.44. The van der Waals surface area contributed by atoms with Crippen LogP contribution in [0.1, 0.15) is 20.3 Å². The second-order valence-corrected chi connectivity index (χ2v) is 3.62. The van der Waals surface area contributed by atoms with Crippen molar-refractivity contribution in [1.82, 2.24) is 4.90 Å². The van der Waals surface area contributed by atoms with Gasteiger partial charge in [0.15, 0.2) is 0 Å². The molecule has 0 aromatic heterocycles. The zero-order chi connectivity index (χ0) is 9.90. The second kappa shape index (κ2) is 4.07. The van der Waals surface area contributed by atoms with E-state index in [1.807, 2.05) is 13.8 Å². The monoisotopic (exact) mass is 187 g/mol. The van der Waals surface area contributed by atoms with Crippen molar-refractivity contribution in [1.29, 1.82) is 0 Å². The standard InChI is InChI=1S/C9H17NO3/c1-3-10-7-9(2,4-5-11)13-6-8(10)12/h11H,3-7H2,1-2H3. The summed E-state index contributed by atoms with van der Waals surface area (Å²) in [5, 5.41) is 8.83. The van der Waals surface area contributed by atoms with Gasteiger partial charge in [0, 0.05) is 26.1 Å². The number of hydrogen-bond acceptors (Lipinski definition) is 3. The maximum atomic E-state index is 11.3. The molecule has 13 heavy (non-hydrogen) atoms. The smallest absolute Gasteiger partial charge is 0.248 e. The number of aliphatic hydroxyl groups excluding tert-OH is 1. The molecule has 1 aliphatic rings. The molecule has 4 heteroatoms. The predicted molar refractivity (Wildman–Crippen MR) is 48.3 cm³/mol. The molecule has 1 rings (SSSR count). The van der Waals surface area contributed by atoms with Crippen molar-refractivity contribution in [3.05, 3.63) is 0 Å². The van der Waals surface area contributed by atoms with E-state index in [-0.39, 0.29) is 24.7 Å². The summed E-state index contributed by atoms with van der Waals surface area (Å²) in [7, 11) is 0. The summed E-state index contributed by atoms with van der Waals surface area (Å²) < 4.78 is 5.40. The highest BCUT2D eigenvalue weighted by molar-refractivity contribution is 5.78. The van der Waals surface area contributed by atoms with Crippen molar-refractivity contribution in [3.63, 3.8) is 0 Å². The molecule has 76 valence electrons. The topological polar surface area (TPSA) is 49.8 Å². The number of morpholine rings is 1. The van der Waals surface area contributed by atoms with Crippen molar-refractivity contribution >= 4 is 5.91 Å². The minimum Gasteiger partial charge on any atom is -0.396 e. The third-order valence-corrected chi connectivity index (χ3v) is 2.44. The summed E-state index contributed by atoms with van der Waals surface area (Å²) in [6, 6.07) is 0. The van der Waals surface area contributed by atoms with Crippen LogP contribution in [0.25, 0.3) is 0 Å². The fourth-order valence-corrected chi connectivity index (χ4v) is 1.54. The number of nitrogens with zero attached hydrogens (tertiary/aromatic N) is 1. The molecular weight excluding hydrogens is 170 g/mol. The fraction of sp³-hybridized carbons (Fsp3) is 0.889. The first kappa shape index (κ1) is 10.5. The molecular formula is C9H17NO3. The first-order valence-corrected chi connectivity index (χ1v) is 4.64. The number of ether oxygens (including phenoxy) is 1. The lowest BCUT2D eigenvalue weighted by molar-refractivity contribution is -0.162. The van der Waals surface area contributed by atoms with Gasteiger partial charge in [-0.2, -0.15) is 0 Å². The molecule has 0 saturated carbocycles. The zero-order valence-electron chi connectivity index (χ0n) is 8.25. The Morgan fingerprint density at radius 3 is 2.92 bits per heavy atom. The maximum Gasteiger partial charge on any atom is 0.248 e. The molecule has 1 amide bonds. The van der Waals surface area contributed by atoms with Gasteiger partial charge in [-0.3, -0.25) is 4.79 Å². The van der Waals surface area contributed by atoms with E-state index in [4.69, 9.17) is 9.84 Å². The molecule has 1 unspecified atom stereocenters. The molecule has 0 aromatic rings. The summed E-state index contributed by atoms with van der Waals surface area (Å²) in [5.74, 6) is 0.0397. The Morgan fingerprint density at radius 2 is 2.38 bits per heavy atom.